The van der Waals surface area contributed by atoms with Crippen LogP contribution in [0.15, 0.2) is 27.9 Å². The topological polar surface area (TPSA) is 63.6 Å². The molecule has 2 aromatic heterocycles. The first-order valence-corrected chi connectivity index (χ1v) is 4.70. The molecule has 0 atom stereocenters. The summed E-state index contributed by atoms with van der Waals surface area (Å²) in [6.45, 7) is 0. The fraction of sp³-hybridized carbons (Fsp3) is 0.125. The number of rotatable bonds is 1. The molecule has 0 bridgehead atoms. The average molecular weight is 255 g/mol. The van der Waals surface area contributed by atoms with E-state index < -0.39 is 0 Å². The molecule has 0 aliphatic carbocycles. The molecule has 14 heavy (non-hydrogen) atoms. The minimum absolute atomic E-state index is 0.196. The molecule has 0 radical (unpaired) electrons. The smallest absolute Gasteiger partial charge is 0.265 e. The highest BCUT2D eigenvalue weighted by Gasteiger charge is 2.03. The Labute approximate surface area is 87.9 Å². The zero-order valence-electron chi connectivity index (χ0n) is 7.36. The standard InChI is InChI=1S/C8H7BrN4O/c1-13-4-5(2-11-13)7-10-3-6(9)8(14)12-7/h2-4H,1H3,(H,10,12,14). The predicted molar refractivity (Wildman–Crippen MR) is 54.8 cm³/mol. The van der Waals surface area contributed by atoms with E-state index in [4.69, 9.17) is 0 Å². The van der Waals surface area contributed by atoms with Crippen LogP contribution in [0.5, 0.6) is 0 Å². The van der Waals surface area contributed by atoms with Crippen LogP contribution in [0.4, 0.5) is 0 Å². The lowest BCUT2D eigenvalue weighted by Gasteiger charge is -1.95. The van der Waals surface area contributed by atoms with Crippen molar-refractivity contribution in [3.05, 3.63) is 33.4 Å². The van der Waals surface area contributed by atoms with Crippen molar-refractivity contribution >= 4 is 15.9 Å². The molecule has 0 aliphatic heterocycles. The summed E-state index contributed by atoms with van der Waals surface area (Å²) < 4.78 is 2.07. The highest BCUT2D eigenvalue weighted by Crippen LogP contribution is 2.11. The summed E-state index contributed by atoms with van der Waals surface area (Å²) in [7, 11) is 1.81. The first kappa shape index (κ1) is 9.14. The van der Waals surface area contributed by atoms with Gasteiger partial charge in [-0.05, 0) is 15.9 Å². The molecule has 0 spiro atoms. The molecule has 6 heteroatoms. The summed E-state index contributed by atoms with van der Waals surface area (Å²) >= 11 is 3.08. The van der Waals surface area contributed by atoms with Crippen LogP contribution in [0, 0.1) is 0 Å². The molecule has 2 aromatic rings. The van der Waals surface area contributed by atoms with E-state index in [2.05, 4.69) is 31.0 Å². The molecular weight excluding hydrogens is 248 g/mol. The van der Waals surface area contributed by atoms with Crippen molar-refractivity contribution in [1.29, 1.82) is 0 Å². The van der Waals surface area contributed by atoms with Crippen molar-refractivity contribution in [2.75, 3.05) is 0 Å². The Balaban J connectivity index is 2.53. The molecule has 0 fully saturated rings. The fourth-order valence-electron chi connectivity index (χ4n) is 1.07. The van der Waals surface area contributed by atoms with Gasteiger partial charge in [-0.2, -0.15) is 5.10 Å². The second-order valence-electron chi connectivity index (χ2n) is 2.81. The van der Waals surface area contributed by atoms with Crippen molar-refractivity contribution in [3.8, 4) is 11.4 Å². The van der Waals surface area contributed by atoms with Crippen molar-refractivity contribution in [2.45, 2.75) is 0 Å². The average Bonchev–Trinajstić information content (AvgIpc) is 2.57. The fourth-order valence-corrected chi connectivity index (χ4v) is 1.27. The maximum atomic E-state index is 11.3. The second-order valence-corrected chi connectivity index (χ2v) is 3.67. The molecule has 0 saturated carbocycles. The van der Waals surface area contributed by atoms with Gasteiger partial charge in [0.15, 0.2) is 0 Å². The maximum Gasteiger partial charge on any atom is 0.265 e. The van der Waals surface area contributed by atoms with Crippen LogP contribution in [0.25, 0.3) is 11.4 Å². The van der Waals surface area contributed by atoms with Crippen LogP contribution in [0.3, 0.4) is 0 Å². The molecule has 2 rings (SSSR count). The van der Waals surface area contributed by atoms with Gasteiger partial charge in [0.25, 0.3) is 5.56 Å². The van der Waals surface area contributed by atoms with Crippen molar-refractivity contribution in [1.82, 2.24) is 19.7 Å². The third-order valence-electron chi connectivity index (χ3n) is 1.73. The number of nitrogens with zero attached hydrogens (tertiary/aromatic N) is 3. The first-order valence-electron chi connectivity index (χ1n) is 3.90. The number of aromatic nitrogens is 4. The molecular formula is C8H7BrN4O. The van der Waals surface area contributed by atoms with Crippen LogP contribution in [-0.4, -0.2) is 19.7 Å². The maximum absolute atomic E-state index is 11.3. The van der Waals surface area contributed by atoms with Gasteiger partial charge in [-0.1, -0.05) is 0 Å². The predicted octanol–water partition coefficient (Wildman–Crippen LogP) is 0.933. The number of hydrogen-bond acceptors (Lipinski definition) is 3. The Morgan fingerprint density at radius 1 is 1.50 bits per heavy atom. The van der Waals surface area contributed by atoms with Crippen LogP contribution in [-0.2, 0) is 7.05 Å². The van der Waals surface area contributed by atoms with Gasteiger partial charge in [0.05, 0.1) is 11.8 Å². The Bertz CT molecular complexity index is 516. The zero-order valence-corrected chi connectivity index (χ0v) is 8.95. The molecule has 0 unspecified atom stereocenters. The van der Waals surface area contributed by atoms with Gasteiger partial charge < -0.3 is 4.98 Å². The number of aromatic amines is 1. The van der Waals surface area contributed by atoms with Gasteiger partial charge in [0.1, 0.15) is 10.3 Å². The molecule has 5 nitrogen and oxygen atoms in total. The Kier molecular flexibility index (Phi) is 2.20. The molecule has 0 aromatic carbocycles. The number of hydrogen-bond donors (Lipinski definition) is 1. The minimum Gasteiger partial charge on any atom is -0.305 e. The van der Waals surface area contributed by atoms with E-state index in [1.165, 1.54) is 6.20 Å². The van der Waals surface area contributed by atoms with E-state index >= 15 is 0 Å². The van der Waals surface area contributed by atoms with Gasteiger partial charge in [0.2, 0.25) is 0 Å². The summed E-state index contributed by atoms with van der Waals surface area (Å²) in [6, 6.07) is 0. The monoisotopic (exact) mass is 254 g/mol. The quantitative estimate of drug-likeness (QED) is 0.824. The molecule has 1 N–H and O–H groups in total. The third-order valence-corrected chi connectivity index (χ3v) is 2.30. The first-order chi connectivity index (χ1) is 6.66. The largest absolute Gasteiger partial charge is 0.305 e. The number of halogens is 1. The van der Waals surface area contributed by atoms with E-state index in [0.717, 1.165) is 5.56 Å². The Hall–Kier alpha value is -1.43. The molecule has 0 saturated heterocycles. The molecule has 0 aliphatic rings. The lowest BCUT2D eigenvalue weighted by Crippen LogP contribution is -2.08. The minimum atomic E-state index is -0.196. The Morgan fingerprint density at radius 2 is 2.29 bits per heavy atom. The van der Waals surface area contributed by atoms with E-state index in [1.807, 2.05) is 0 Å². The third kappa shape index (κ3) is 1.60. The van der Waals surface area contributed by atoms with E-state index in [-0.39, 0.29) is 5.56 Å². The molecule has 2 heterocycles. The Morgan fingerprint density at radius 3 is 2.86 bits per heavy atom. The SMILES string of the molecule is Cn1cc(-c2ncc(Br)c(=O)[nH]2)cn1. The van der Waals surface area contributed by atoms with E-state index in [9.17, 15) is 4.79 Å². The second kappa shape index (κ2) is 3.38. The van der Waals surface area contributed by atoms with Gasteiger partial charge in [-0.3, -0.25) is 9.48 Å². The van der Waals surface area contributed by atoms with E-state index in [0.29, 0.717) is 10.3 Å². The van der Waals surface area contributed by atoms with Gasteiger partial charge >= 0.3 is 0 Å². The highest BCUT2D eigenvalue weighted by atomic mass is 79.9. The molecule has 0 amide bonds. The normalized spacial score (nSPS) is 10.4. The lowest BCUT2D eigenvalue weighted by atomic mass is 10.3. The summed E-state index contributed by atoms with van der Waals surface area (Å²) in [6.07, 6.45) is 4.90. The van der Waals surface area contributed by atoms with Crippen LogP contribution >= 0.6 is 15.9 Å². The van der Waals surface area contributed by atoms with Crippen molar-refractivity contribution in [2.24, 2.45) is 7.05 Å². The summed E-state index contributed by atoms with van der Waals surface area (Å²) in [5.74, 6) is 0.520. The summed E-state index contributed by atoms with van der Waals surface area (Å²) in [4.78, 5) is 18.0. The number of nitrogens with one attached hydrogen (secondary N) is 1. The zero-order chi connectivity index (χ0) is 10.1. The van der Waals surface area contributed by atoms with Gasteiger partial charge in [-0.15, -0.1) is 0 Å². The van der Waals surface area contributed by atoms with Crippen LogP contribution < -0.4 is 5.56 Å². The highest BCUT2D eigenvalue weighted by molar-refractivity contribution is 9.10. The van der Waals surface area contributed by atoms with Gasteiger partial charge in [-0.25, -0.2) is 4.98 Å². The molecule has 72 valence electrons. The summed E-state index contributed by atoms with van der Waals surface area (Å²) in [5, 5.41) is 3.99. The van der Waals surface area contributed by atoms with E-state index in [1.54, 1.807) is 24.1 Å². The van der Waals surface area contributed by atoms with Crippen molar-refractivity contribution in [3.63, 3.8) is 0 Å². The lowest BCUT2D eigenvalue weighted by molar-refractivity contribution is 0.768. The van der Waals surface area contributed by atoms with Crippen LogP contribution in [0.1, 0.15) is 0 Å². The summed E-state index contributed by atoms with van der Waals surface area (Å²) in [5.41, 5.74) is 0.593. The number of aryl methyl sites for hydroxylation is 1. The van der Waals surface area contributed by atoms with Crippen LogP contribution in [0.2, 0.25) is 0 Å². The van der Waals surface area contributed by atoms with Crippen molar-refractivity contribution < 1.29 is 0 Å². The number of H-pyrrole nitrogens is 1. The van der Waals surface area contributed by atoms with Gasteiger partial charge in [0, 0.05) is 19.4 Å².